The van der Waals surface area contributed by atoms with Crippen LogP contribution in [0.4, 0.5) is 8.78 Å². The minimum Gasteiger partial charge on any atom is -0.391 e. The highest BCUT2D eigenvalue weighted by Crippen LogP contribution is 2.25. The summed E-state index contributed by atoms with van der Waals surface area (Å²) in [6.45, 7) is 2.12. The third-order valence-electron chi connectivity index (χ3n) is 5.81. The SMILES string of the molecule is CCC(O)[C@@H](Cc1ccccn1)NC(=O)c1cccc(F)c1C1=NCC(c2ccc(F)cc2)=C1. The van der Waals surface area contributed by atoms with E-state index >= 15 is 0 Å². The molecule has 0 fully saturated rings. The highest BCUT2D eigenvalue weighted by molar-refractivity contribution is 6.19. The third-order valence-corrected chi connectivity index (χ3v) is 5.81. The second-order valence-corrected chi connectivity index (χ2v) is 8.12. The average molecular weight is 462 g/mol. The molecule has 1 aromatic heterocycles. The van der Waals surface area contributed by atoms with E-state index in [4.69, 9.17) is 0 Å². The van der Waals surface area contributed by atoms with Crippen molar-refractivity contribution in [1.82, 2.24) is 10.3 Å². The smallest absolute Gasteiger partial charge is 0.252 e. The van der Waals surface area contributed by atoms with Gasteiger partial charge < -0.3 is 10.4 Å². The average Bonchev–Trinajstić information content (AvgIpc) is 3.33. The van der Waals surface area contributed by atoms with E-state index < -0.39 is 23.9 Å². The molecule has 0 radical (unpaired) electrons. The van der Waals surface area contributed by atoms with Gasteiger partial charge in [-0.3, -0.25) is 14.8 Å². The van der Waals surface area contributed by atoms with Crippen LogP contribution in [0, 0.1) is 11.6 Å². The summed E-state index contributed by atoms with van der Waals surface area (Å²) in [4.78, 5) is 22.0. The van der Waals surface area contributed by atoms with Crippen LogP contribution in [-0.4, -0.2) is 40.4 Å². The fourth-order valence-electron chi connectivity index (χ4n) is 3.95. The number of halogens is 2. The van der Waals surface area contributed by atoms with E-state index in [2.05, 4.69) is 15.3 Å². The van der Waals surface area contributed by atoms with E-state index in [-0.39, 0.29) is 16.9 Å². The van der Waals surface area contributed by atoms with Gasteiger partial charge in [-0.2, -0.15) is 0 Å². The van der Waals surface area contributed by atoms with E-state index in [9.17, 15) is 18.7 Å². The number of nitrogens with zero attached hydrogens (tertiary/aromatic N) is 2. The van der Waals surface area contributed by atoms with Crippen LogP contribution >= 0.6 is 0 Å². The van der Waals surface area contributed by atoms with Crippen LogP contribution in [0.15, 0.2) is 77.9 Å². The molecule has 1 amide bonds. The van der Waals surface area contributed by atoms with E-state index in [0.717, 1.165) is 16.8 Å². The van der Waals surface area contributed by atoms with Crippen LogP contribution < -0.4 is 5.32 Å². The molecule has 0 spiro atoms. The van der Waals surface area contributed by atoms with Gasteiger partial charge in [0.25, 0.3) is 5.91 Å². The highest BCUT2D eigenvalue weighted by Gasteiger charge is 2.26. The maximum atomic E-state index is 15.0. The molecule has 1 aliphatic rings. The summed E-state index contributed by atoms with van der Waals surface area (Å²) < 4.78 is 28.2. The van der Waals surface area contributed by atoms with Crippen molar-refractivity contribution in [3.63, 3.8) is 0 Å². The molecule has 3 aromatic rings. The fourth-order valence-corrected chi connectivity index (χ4v) is 3.95. The Balaban J connectivity index is 1.60. The zero-order valence-corrected chi connectivity index (χ0v) is 18.7. The number of aliphatic hydroxyl groups is 1. The summed E-state index contributed by atoms with van der Waals surface area (Å²) in [6, 6.07) is 15.2. The first-order valence-corrected chi connectivity index (χ1v) is 11.1. The molecular formula is C27H25F2N3O2. The summed E-state index contributed by atoms with van der Waals surface area (Å²) >= 11 is 0. The minimum atomic E-state index is -0.795. The van der Waals surface area contributed by atoms with Crippen molar-refractivity contribution in [3.8, 4) is 0 Å². The fraction of sp³-hybridized carbons (Fsp3) is 0.222. The molecule has 1 aliphatic heterocycles. The Labute approximate surface area is 196 Å². The van der Waals surface area contributed by atoms with Gasteiger partial charge in [0.05, 0.1) is 30.0 Å². The molecule has 0 saturated heterocycles. The summed E-state index contributed by atoms with van der Waals surface area (Å²) in [7, 11) is 0. The number of pyridine rings is 1. The third kappa shape index (κ3) is 5.26. The predicted octanol–water partition coefficient (Wildman–Crippen LogP) is 4.36. The Morgan fingerprint density at radius 2 is 1.88 bits per heavy atom. The van der Waals surface area contributed by atoms with Crippen LogP contribution in [0.3, 0.4) is 0 Å². The first-order chi connectivity index (χ1) is 16.5. The number of aromatic nitrogens is 1. The number of hydrogen-bond acceptors (Lipinski definition) is 4. The normalized spacial score (nSPS) is 14.8. The molecule has 5 nitrogen and oxygen atoms in total. The van der Waals surface area contributed by atoms with Crippen LogP contribution in [0.25, 0.3) is 5.57 Å². The Kier molecular flexibility index (Phi) is 7.23. The Morgan fingerprint density at radius 3 is 2.59 bits per heavy atom. The predicted molar refractivity (Wildman–Crippen MR) is 128 cm³/mol. The molecule has 0 aliphatic carbocycles. The van der Waals surface area contributed by atoms with E-state index in [1.807, 2.05) is 19.1 Å². The summed E-state index contributed by atoms with van der Waals surface area (Å²) in [5.41, 5.74) is 2.89. The van der Waals surface area contributed by atoms with Crippen molar-refractivity contribution >= 4 is 17.2 Å². The molecule has 34 heavy (non-hydrogen) atoms. The van der Waals surface area contributed by atoms with Crippen molar-refractivity contribution in [3.05, 3.63) is 107 Å². The van der Waals surface area contributed by atoms with Crippen molar-refractivity contribution in [2.24, 2.45) is 4.99 Å². The zero-order chi connectivity index (χ0) is 24.1. The van der Waals surface area contributed by atoms with Crippen molar-refractivity contribution in [2.75, 3.05) is 6.54 Å². The molecular weight excluding hydrogens is 436 g/mol. The molecule has 1 unspecified atom stereocenters. The largest absolute Gasteiger partial charge is 0.391 e. The lowest BCUT2D eigenvalue weighted by molar-refractivity contribution is 0.0823. The van der Waals surface area contributed by atoms with Gasteiger partial charge in [-0.25, -0.2) is 8.78 Å². The number of aliphatic imine (C=N–C) groups is 1. The number of hydrogen-bond donors (Lipinski definition) is 2. The Bertz CT molecular complexity index is 1220. The number of nitrogens with one attached hydrogen (secondary N) is 1. The molecule has 0 saturated carbocycles. The first kappa shape index (κ1) is 23.4. The molecule has 7 heteroatoms. The van der Waals surface area contributed by atoms with Crippen LogP contribution in [0.1, 0.15) is 40.5 Å². The number of benzene rings is 2. The quantitative estimate of drug-likeness (QED) is 0.524. The summed E-state index contributed by atoms with van der Waals surface area (Å²) in [6.07, 6.45) is 3.35. The second kappa shape index (κ2) is 10.5. The highest BCUT2D eigenvalue weighted by atomic mass is 19.1. The molecule has 0 bridgehead atoms. The van der Waals surface area contributed by atoms with Gasteiger partial charge in [-0.1, -0.05) is 31.2 Å². The molecule has 2 aromatic carbocycles. The molecule has 2 heterocycles. The van der Waals surface area contributed by atoms with Crippen LogP contribution in [-0.2, 0) is 6.42 Å². The van der Waals surface area contributed by atoms with Crippen LogP contribution in [0.2, 0.25) is 0 Å². The van der Waals surface area contributed by atoms with Gasteiger partial charge in [0.15, 0.2) is 0 Å². The standard InChI is InChI=1S/C27H25F2N3O2/c1-2-25(33)23(15-20-6-3-4-13-30-20)32-27(34)21-7-5-8-22(29)26(21)24-14-18(16-31-24)17-9-11-19(28)12-10-17/h3-14,23,25,33H,2,15-16H2,1H3,(H,32,34)/t23-,25?/m1/s1. The van der Waals surface area contributed by atoms with Gasteiger partial charge in [0.2, 0.25) is 0 Å². The van der Waals surface area contributed by atoms with Gasteiger partial charge >= 0.3 is 0 Å². The summed E-state index contributed by atoms with van der Waals surface area (Å²) in [5, 5.41) is 13.4. The molecule has 174 valence electrons. The molecule has 4 rings (SSSR count). The number of amides is 1. The number of rotatable bonds is 8. The van der Waals surface area contributed by atoms with E-state index in [0.29, 0.717) is 25.1 Å². The van der Waals surface area contributed by atoms with E-state index in [1.165, 1.54) is 30.3 Å². The molecule has 2 atom stereocenters. The number of carbonyl (C=O) groups is 1. The lowest BCUT2D eigenvalue weighted by Gasteiger charge is -2.24. The monoisotopic (exact) mass is 461 g/mol. The number of carbonyl (C=O) groups excluding carboxylic acids is 1. The second-order valence-electron chi connectivity index (χ2n) is 8.12. The van der Waals surface area contributed by atoms with Crippen molar-refractivity contribution in [1.29, 1.82) is 0 Å². The zero-order valence-electron chi connectivity index (χ0n) is 18.7. The van der Waals surface area contributed by atoms with Gasteiger partial charge in [0.1, 0.15) is 11.6 Å². The maximum absolute atomic E-state index is 15.0. The Morgan fingerprint density at radius 1 is 1.09 bits per heavy atom. The lowest BCUT2D eigenvalue weighted by Crippen LogP contribution is -2.45. The van der Waals surface area contributed by atoms with Crippen molar-refractivity contribution in [2.45, 2.75) is 31.9 Å². The first-order valence-electron chi connectivity index (χ1n) is 11.1. The lowest BCUT2D eigenvalue weighted by atomic mass is 9.98. The topological polar surface area (TPSA) is 74.6 Å². The van der Waals surface area contributed by atoms with E-state index in [1.54, 1.807) is 30.5 Å². The maximum Gasteiger partial charge on any atom is 0.252 e. The van der Waals surface area contributed by atoms with Gasteiger partial charge in [0, 0.05) is 23.9 Å². The van der Waals surface area contributed by atoms with Crippen LogP contribution in [0.5, 0.6) is 0 Å². The Hall–Kier alpha value is -3.71. The summed E-state index contributed by atoms with van der Waals surface area (Å²) in [5.74, 6) is -1.42. The van der Waals surface area contributed by atoms with Crippen molar-refractivity contribution < 1.29 is 18.7 Å². The molecule has 2 N–H and O–H groups in total. The number of allylic oxidation sites excluding steroid dienone is 1. The van der Waals surface area contributed by atoms with Gasteiger partial charge in [-0.05, 0) is 60.0 Å². The minimum absolute atomic E-state index is 0.0969. The van der Waals surface area contributed by atoms with Gasteiger partial charge in [-0.15, -0.1) is 0 Å². The number of aliphatic hydroxyl groups excluding tert-OH is 1.